The molecule has 6 heteroatoms. The summed E-state index contributed by atoms with van der Waals surface area (Å²) in [4.78, 5) is 15.5. The lowest BCUT2D eigenvalue weighted by Crippen LogP contribution is -2.02. The topological polar surface area (TPSA) is 43.6 Å². The standard InChI is InChI=1S/C51H30N4S2/c1-2-14-31(15-3-1)49-52-50(54-51(53-49)40-22-13-27-46-47(40)39-19-7-11-26-45(39)56-46)32-28-29-35(37-20-12-21-38-36-18-6-10-25-44(36)57-48(37)38)43(30-32)55-41-23-8-4-16-33(41)34-17-5-9-24-42(34)55/h1-30H/i4D,5D,16D,17D,23D,24D. The third-order valence-electron chi connectivity index (χ3n) is 10.6. The van der Waals surface area contributed by atoms with Crippen LogP contribution >= 0.6 is 22.7 Å². The zero-order chi connectivity index (χ0) is 42.7. The van der Waals surface area contributed by atoms with Gasteiger partial charge in [0.2, 0.25) is 0 Å². The van der Waals surface area contributed by atoms with E-state index in [9.17, 15) is 2.74 Å². The molecule has 0 aliphatic heterocycles. The highest BCUT2D eigenvalue weighted by Gasteiger charge is 2.21. The predicted molar refractivity (Wildman–Crippen MR) is 242 cm³/mol. The van der Waals surface area contributed by atoms with Crippen molar-refractivity contribution in [2.75, 3.05) is 0 Å². The van der Waals surface area contributed by atoms with Crippen molar-refractivity contribution in [1.29, 1.82) is 0 Å². The van der Waals surface area contributed by atoms with Crippen LogP contribution in [0, 0.1) is 0 Å². The van der Waals surface area contributed by atoms with Crippen molar-refractivity contribution >= 4 is 84.8 Å². The SMILES string of the molecule is [2H]c1cc([2H])c2c(c1[2H])c1c([2H])c([2H])cc([2H])c1n2-c1cc(-c2nc(-c3ccccc3)nc(-c3cccc4sc5ccccc5c34)n2)ccc1-c1cccc2c1sc1ccccc12. The van der Waals surface area contributed by atoms with Gasteiger partial charge in [0.1, 0.15) is 0 Å². The maximum absolute atomic E-state index is 9.35. The third kappa shape index (κ3) is 5.08. The number of para-hydroxylation sites is 2. The van der Waals surface area contributed by atoms with Crippen molar-refractivity contribution in [2.24, 2.45) is 0 Å². The largest absolute Gasteiger partial charge is 0.309 e. The molecule has 0 amide bonds. The zero-order valence-electron chi connectivity index (χ0n) is 36.0. The van der Waals surface area contributed by atoms with Gasteiger partial charge in [-0.2, -0.15) is 0 Å². The first-order chi connectivity index (χ1) is 30.7. The molecule has 0 saturated carbocycles. The minimum atomic E-state index is -0.170. The van der Waals surface area contributed by atoms with Gasteiger partial charge >= 0.3 is 0 Å². The van der Waals surface area contributed by atoms with Crippen LogP contribution in [0.4, 0.5) is 0 Å². The lowest BCUT2D eigenvalue weighted by molar-refractivity contribution is 1.07. The Hall–Kier alpha value is -6.99. The van der Waals surface area contributed by atoms with Crippen LogP contribution in [-0.4, -0.2) is 19.5 Å². The fraction of sp³-hybridized carbons (Fsp3) is 0. The van der Waals surface area contributed by atoms with Crippen LogP contribution in [0.2, 0.25) is 0 Å². The Morgan fingerprint density at radius 3 is 1.82 bits per heavy atom. The Morgan fingerprint density at radius 2 is 1.04 bits per heavy atom. The van der Waals surface area contributed by atoms with E-state index in [1.807, 2.05) is 84.9 Å². The van der Waals surface area contributed by atoms with Crippen LogP contribution in [0.3, 0.4) is 0 Å². The summed E-state index contributed by atoms with van der Waals surface area (Å²) in [6, 6.07) is 46.8. The number of rotatable bonds is 5. The molecule has 0 aliphatic carbocycles. The molecule has 0 aliphatic rings. The zero-order valence-corrected chi connectivity index (χ0v) is 31.6. The average molecular weight is 769 g/mol. The van der Waals surface area contributed by atoms with Gasteiger partial charge in [0.05, 0.1) is 24.9 Å². The fourth-order valence-corrected chi connectivity index (χ4v) is 10.5. The number of fused-ring (bicyclic) bond motifs is 9. The lowest BCUT2D eigenvalue weighted by atomic mass is 9.98. The Bertz CT molecular complexity index is 3820. The maximum Gasteiger partial charge on any atom is 0.164 e. The molecule has 12 rings (SSSR count). The van der Waals surface area contributed by atoms with E-state index in [4.69, 9.17) is 20.4 Å². The van der Waals surface area contributed by atoms with Gasteiger partial charge in [0.25, 0.3) is 0 Å². The van der Waals surface area contributed by atoms with E-state index in [1.165, 1.54) is 16.8 Å². The van der Waals surface area contributed by atoms with E-state index >= 15 is 0 Å². The first-order valence-electron chi connectivity index (χ1n) is 21.5. The number of thiophene rings is 2. The van der Waals surface area contributed by atoms with E-state index in [0.29, 0.717) is 28.7 Å². The molecule has 0 saturated heterocycles. The summed E-state index contributed by atoms with van der Waals surface area (Å²) in [6.07, 6.45) is 0. The molecule has 8 aromatic carbocycles. The van der Waals surface area contributed by atoms with E-state index in [1.54, 1.807) is 27.2 Å². The summed E-state index contributed by atoms with van der Waals surface area (Å²) in [7, 11) is 0. The number of aromatic nitrogens is 4. The molecule has 266 valence electrons. The summed E-state index contributed by atoms with van der Waals surface area (Å²) in [5.74, 6) is 1.41. The second-order valence-corrected chi connectivity index (χ2v) is 16.0. The quantitative estimate of drug-likeness (QED) is 0.175. The van der Waals surface area contributed by atoms with E-state index < -0.39 is 0 Å². The smallest absolute Gasteiger partial charge is 0.164 e. The molecule has 0 fully saturated rings. The van der Waals surface area contributed by atoms with Crippen molar-refractivity contribution < 1.29 is 8.22 Å². The third-order valence-corrected chi connectivity index (χ3v) is 13.0. The number of benzene rings is 8. The van der Waals surface area contributed by atoms with Crippen LogP contribution in [0.1, 0.15) is 8.22 Å². The first-order valence-corrected chi connectivity index (χ1v) is 20.2. The summed E-state index contributed by atoms with van der Waals surface area (Å²) < 4.78 is 60.5. The highest BCUT2D eigenvalue weighted by Crippen LogP contribution is 2.45. The van der Waals surface area contributed by atoms with Gasteiger partial charge in [-0.05, 0) is 36.4 Å². The summed E-state index contributed by atoms with van der Waals surface area (Å²) in [5.41, 5.74) is 5.16. The molecule has 4 heterocycles. The normalized spacial score (nSPS) is 13.3. The second kappa shape index (κ2) is 12.8. The summed E-state index contributed by atoms with van der Waals surface area (Å²) in [6.45, 7) is 0. The molecular formula is C51H30N4S2. The van der Waals surface area contributed by atoms with Gasteiger partial charge in [-0.1, -0.05) is 145 Å². The van der Waals surface area contributed by atoms with Crippen LogP contribution < -0.4 is 0 Å². The molecule has 0 N–H and O–H groups in total. The van der Waals surface area contributed by atoms with Crippen LogP contribution in [0.15, 0.2) is 182 Å². The van der Waals surface area contributed by atoms with Gasteiger partial charge in [-0.3, -0.25) is 0 Å². The van der Waals surface area contributed by atoms with Crippen molar-refractivity contribution in [2.45, 2.75) is 0 Å². The van der Waals surface area contributed by atoms with E-state index in [0.717, 1.165) is 57.9 Å². The van der Waals surface area contributed by atoms with Crippen LogP contribution in [-0.2, 0) is 0 Å². The van der Waals surface area contributed by atoms with E-state index in [-0.39, 0.29) is 58.1 Å². The average Bonchev–Trinajstić information content (AvgIpc) is 4.01. The molecule has 57 heavy (non-hydrogen) atoms. The lowest BCUT2D eigenvalue weighted by Gasteiger charge is -2.17. The Kier molecular flexibility index (Phi) is 6.00. The molecule has 12 aromatic rings. The van der Waals surface area contributed by atoms with Crippen molar-refractivity contribution in [3.63, 3.8) is 0 Å². The van der Waals surface area contributed by atoms with Crippen molar-refractivity contribution in [3.8, 4) is 51.0 Å². The molecular weight excluding hydrogens is 733 g/mol. The minimum absolute atomic E-state index is 0.0335. The molecule has 0 spiro atoms. The highest BCUT2D eigenvalue weighted by molar-refractivity contribution is 7.26. The van der Waals surface area contributed by atoms with Crippen LogP contribution in [0.5, 0.6) is 0 Å². The minimum Gasteiger partial charge on any atom is -0.309 e. The van der Waals surface area contributed by atoms with Crippen molar-refractivity contribution in [3.05, 3.63) is 182 Å². The van der Waals surface area contributed by atoms with Gasteiger partial charge in [0, 0.05) is 78.9 Å². The van der Waals surface area contributed by atoms with E-state index in [2.05, 4.69) is 48.5 Å². The Balaban J connectivity index is 1.20. The first kappa shape index (κ1) is 26.8. The molecule has 0 unspecified atom stereocenters. The molecule has 0 radical (unpaired) electrons. The summed E-state index contributed by atoms with van der Waals surface area (Å²) in [5, 5.41) is 4.80. The maximum atomic E-state index is 9.35. The van der Waals surface area contributed by atoms with Gasteiger partial charge in [-0.25, -0.2) is 15.0 Å². The fourth-order valence-electron chi connectivity index (χ4n) is 8.10. The van der Waals surface area contributed by atoms with Gasteiger partial charge in [0.15, 0.2) is 17.5 Å². The molecule has 0 bridgehead atoms. The predicted octanol–water partition coefficient (Wildman–Crippen LogP) is 14.4. The van der Waals surface area contributed by atoms with Gasteiger partial charge in [-0.15, -0.1) is 22.7 Å². The molecule has 4 aromatic heterocycles. The highest BCUT2D eigenvalue weighted by atomic mass is 32.1. The van der Waals surface area contributed by atoms with Gasteiger partial charge < -0.3 is 4.57 Å². The second-order valence-electron chi connectivity index (χ2n) is 13.9. The Morgan fingerprint density at radius 1 is 0.421 bits per heavy atom. The monoisotopic (exact) mass is 768 g/mol. The molecule has 4 nitrogen and oxygen atoms in total. The molecule has 0 atom stereocenters. The number of nitrogens with zero attached hydrogens (tertiary/aromatic N) is 4. The number of hydrogen-bond acceptors (Lipinski definition) is 5. The Labute approximate surface area is 344 Å². The van der Waals surface area contributed by atoms with Crippen LogP contribution in [0.25, 0.3) is 113 Å². The number of hydrogen-bond donors (Lipinski definition) is 0. The summed E-state index contributed by atoms with van der Waals surface area (Å²) >= 11 is 3.42. The van der Waals surface area contributed by atoms with Crippen molar-refractivity contribution in [1.82, 2.24) is 19.5 Å².